The first-order valence-corrected chi connectivity index (χ1v) is 12.2. The molecule has 0 saturated carbocycles. The molecule has 2 aromatic carbocycles. The van der Waals surface area contributed by atoms with E-state index in [2.05, 4.69) is 46.1 Å². The summed E-state index contributed by atoms with van der Waals surface area (Å²) in [5.41, 5.74) is 4.55. The van der Waals surface area contributed by atoms with Crippen LogP contribution in [0.15, 0.2) is 36.4 Å². The average molecular weight is 452 g/mol. The van der Waals surface area contributed by atoms with Crippen LogP contribution in [-0.4, -0.2) is 60.0 Å². The van der Waals surface area contributed by atoms with Crippen molar-refractivity contribution in [2.75, 3.05) is 44.2 Å². The fourth-order valence-electron chi connectivity index (χ4n) is 4.03. The standard InChI is InChI=1S/C23H25N5OS2/c1-15-13-16(2)20-19(14-15)31-23(26-20)28-11-9-27(10-12-28)8-7-24-21(29)22-25-17-5-3-4-6-18(17)30-22/h3-6,13-14H,7-12H2,1-2H3,(H,24,29). The third-order valence-electron chi connectivity index (χ3n) is 5.66. The number of aryl methyl sites for hydroxylation is 2. The smallest absolute Gasteiger partial charge is 0.280 e. The molecule has 0 spiro atoms. The predicted octanol–water partition coefficient (Wildman–Crippen LogP) is 4.07. The summed E-state index contributed by atoms with van der Waals surface area (Å²) < 4.78 is 2.32. The molecule has 4 aromatic rings. The second-order valence-electron chi connectivity index (χ2n) is 8.00. The first kappa shape index (κ1) is 20.4. The summed E-state index contributed by atoms with van der Waals surface area (Å²) in [5, 5.41) is 4.68. The molecule has 31 heavy (non-hydrogen) atoms. The molecular weight excluding hydrogens is 426 g/mol. The number of carbonyl (C=O) groups is 1. The average Bonchev–Trinajstić information content (AvgIpc) is 3.38. The highest BCUT2D eigenvalue weighted by molar-refractivity contribution is 7.22. The van der Waals surface area contributed by atoms with E-state index in [9.17, 15) is 4.79 Å². The van der Waals surface area contributed by atoms with Crippen molar-refractivity contribution < 1.29 is 4.79 Å². The molecule has 1 amide bonds. The molecule has 0 atom stereocenters. The molecule has 0 aliphatic carbocycles. The number of nitrogens with one attached hydrogen (secondary N) is 1. The Hall–Kier alpha value is -2.55. The number of benzene rings is 2. The number of anilines is 1. The van der Waals surface area contributed by atoms with Crippen molar-refractivity contribution in [3.8, 4) is 0 Å². The summed E-state index contributed by atoms with van der Waals surface area (Å²) >= 11 is 3.23. The number of rotatable bonds is 5. The van der Waals surface area contributed by atoms with Crippen LogP contribution in [0.3, 0.4) is 0 Å². The molecule has 1 aliphatic heterocycles. The van der Waals surface area contributed by atoms with Gasteiger partial charge in [-0.1, -0.05) is 29.5 Å². The van der Waals surface area contributed by atoms with Gasteiger partial charge in [-0.15, -0.1) is 11.3 Å². The number of piperazine rings is 1. The number of para-hydroxylation sites is 1. The second-order valence-corrected chi connectivity index (χ2v) is 10.0. The molecule has 0 bridgehead atoms. The van der Waals surface area contributed by atoms with Gasteiger partial charge >= 0.3 is 0 Å². The molecule has 6 nitrogen and oxygen atoms in total. The van der Waals surface area contributed by atoms with Crippen LogP contribution in [0, 0.1) is 13.8 Å². The lowest BCUT2D eigenvalue weighted by atomic mass is 10.1. The summed E-state index contributed by atoms with van der Waals surface area (Å²) in [7, 11) is 0. The lowest BCUT2D eigenvalue weighted by molar-refractivity contribution is 0.0947. The number of nitrogens with zero attached hydrogens (tertiary/aromatic N) is 4. The Morgan fingerprint density at radius 1 is 1.03 bits per heavy atom. The van der Waals surface area contributed by atoms with Crippen LogP contribution in [0.5, 0.6) is 0 Å². The third-order valence-corrected chi connectivity index (χ3v) is 7.76. The predicted molar refractivity (Wildman–Crippen MR) is 130 cm³/mol. The minimum atomic E-state index is -0.0834. The van der Waals surface area contributed by atoms with E-state index >= 15 is 0 Å². The Labute approximate surface area is 189 Å². The number of hydrogen-bond donors (Lipinski definition) is 1. The number of carbonyl (C=O) groups excluding carboxylic acids is 1. The van der Waals surface area contributed by atoms with Crippen molar-refractivity contribution in [1.29, 1.82) is 0 Å². The lowest BCUT2D eigenvalue weighted by Gasteiger charge is -2.34. The van der Waals surface area contributed by atoms with Gasteiger partial charge < -0.3 is 10.2 Å². The quantitative estimate of drug-likeness (QED) is 0.496. The highest BCUT2D eigenvalue weighted by Crippen LogP contribution is 2.32. The lowest BCUT2D eigenvalue weighted by Crippen LogP contribution is -2.48. The fraction of sp³-hybridized carbons (Fsp3) is 0.348. The minimum absolute atomic E-state index is 0.0834. The van der Waals surface area contributed by atoms with Crippen LogP contribution in [0.4, 0.5) is 5.13 Å². The van der Waals surface area contributed by atoms with Crippen molar-refractivity contribution in [3.05, 3.63) is 52.5 Å². The first-order chi connectivity index (χ1) is 15.1. The third kappa shape index (κ3) is 4.28. The topological polar surface area (TPSA) is 61.4 Å². The molecule has 0 unspecified atom stereocenters. The van der Waals surface area contributed by atoms with Gasteiger partial charge in [-0.05, 0) is 43.2 Å². The molecule has 8 heteroatoms. The highest BCUT2D eigenvalue weighted by atomic mass is 32.1. The van der Waals surface area contributed by atoms with Crippen molar-refractivity contribution in [1.82, 2.24) is 20.2 Å². The zero-order valence-corrected chi connectivity index (χ0v) is 19.4. The Bertz CT molecular complexity index is 1210. The van der Waals surface area contributed by atoms with Gasteiger partial charge in [-0.25, -0.2) is 9.97 Å². The van der Waals surface area contributed by atoms with Crippen LogP contribution in [0.25, 0.3) is 20.4 Å². The molecular formula is C23H25N5OS2. The molecule has 160 valence electrons. The number of aromatic nitrogens is 2. The van der Waals surface area contributed by atoms with Gasteiger partial charge in [-0.2, -0.15) is 0 Å². The van der Waals surface area contributed by atoms with Gasteiger partial charge in [0.15, 0.2) is 10.1 Å². The van der Waals surface area contributed by atoms with E-state index in [4.69, 9.17) is 4.98 Å². The largest absolute Gasteiger partial charge is 0.349 e. The summed E-state index contributed by atoms with van der Waals surface area (Å²) in [5.74, 6) is -0.0834. The monoisotopic (exact) mass is 451 g/mol. The van der Waals surface area contributed by atoms with Crippen molar-refractivity contribution in [2.45, 2.75) is 13.8 Å². The van der Waals surface area contributed by atoms with Gasteiger partial charge in [-0.3, -0.25) is 9.69 Å². The highest BCUT2D eigenvalue weighted by Gasteiger charge is 2.20. The van der Waals surface area contributed by atoms with Crippen molar-refractivity contribution >= 4 is 54.1 Å². The zero-order chi connectivity index (χ0) is 21.4. The summed E-state index contributed by atoms with van der Waals surface area (Å²) in [6.07, 6.45) is 0. The van der Waals surface area contributed by atoms with E-state index in [1.165, 1.54) is 27.2 Å². The van der Waals surface area contributed by atoms with Crippen molar-refractivity contribution in [2.24, 2.45) is 0 Å². The van der Waals surface area contributed by atoms with Crippen LogP contribution in [-0.2, 0) is 0 Å². The summed E-state index contributed by atoms with van der Waals surface area (Å²) in [4.78, 5) is 26.6. The van der Waals surface area contributed by atoms with E-state index in [0.29, 0.717) is 11.6 Å². The SMILES string of the molecule is Cc1cc(C)c2nc(N3CCN(CCNC(=O)c4nc5ccccc5s4)CC3)sc2c1. The van der Waals surface area contributed by atoms with E-state index < -0.39 is 0 Å². The van der Waals surface area contributed by atoms with Gasteiger partial charge in [0.25, 0.3) is 5.91 Å². The molecule has 0 radical (unpaired) electrons. The number of hydrogen-bond acceptors (Lipinski definition) is 7. The summed E-state index contributed by atoms with van der Waals surface area (Å²) in [6, 6.07) is 12.3. The summed E-state index contributed by atoms with van der Waals surface area (Å²) in [6.45, 7) is 9.64. The van der Waals surface area contributed by atoms with E-state index in [1.54, 1.807) is 11.3 Å². The Morgan fingerprint density at radius 2 is 1.84 bits per heavy atom. The molecule has 1 saturated heterocycles. The van der Waals surface area contributed by atoms with Crippen molar-refractivity contribution in [3.63, 3.8) is 0 Å². The molecule has 5 rings (SSSR count). The van der Waals surface area contributed by atoms with Gasteiger partial charge in [0, 0.05) is 39.3 Å². The maximum Gasteiger partial charge on any atom is 0.280 e. The molecule has 1 fully saturated rings. The number of fused-ring (bicyclic) bond motifs is 2. The van der Waals surface area contributed by atoms with Crippen LogP contribution < -0.4 is 10.2 Å². The van der Waals surface area contributed by atoms with E-state index in [0.717, 1.165) is 53.6 Å². The second kappa shape index (κ2) is 8.53. The molecule has 2 aromatic heterocycles. The molecule has 1 aliphatic rings. The van der Waals surface area contributed by atoms with Crippen LogP contribution >= 0.6 is 22.7 Å². The minimum Gasteiger partial charge on any atom is -0.349 e. The normalized spacial score (nSPS) is 15.1. The Balaban J connectivity index is 1.12. The van der Waals surface area contributed by atoms with Crippen LogP contribution in [0.2, 0.25) is 0 Å². The van der Waals surface area contributed by atoms with E-state index in [-0.39, 0.29) is 5.91 Å². The maximum absolute atomic E-state index is 12.4. The molecule has 1 N–H and O–H groups in total. The van der Waals surface area contributed by atoms with Gasteiger partial charge in [0.2, 0.25) is 0 Å². The fourth-order valence-corrected chi connectivity index (χ4v) is 6.10. The Kier molecular flexibility index (Phi) is 5.60. The van der Waals surface area contributed by atoms with Crippen LogP contribution in [0.1, 0.15) is 20.9 Å². The Morgan fingerprint density at radius 3 is 2.65 bits per heavy atom. The number of thiazole rings is 2. The number of amides is 1. The van der Waals surface area contributed by atoms with Gasteiger partial charge in [0.05, 0.1) is 20.4 Å². The maximum atomic E-state index is 12.4. The molecule has 3 heterocycles. The first-order valence-electron chi connectivity index (χ1n) is 10.6. The van der Waals surface area contributed by atoms with Gasteiger partial charge in [0.1, 0.15) is 0 Å². The van der Waals surface area contributed by atoms with E-state index in [1.807, 2.05) is 24.3 Å². The zero-order valence-electron chi connectivity index (χ0n) is 17.7.